The first-order valence-corrected chi connectivity index (χ1v) is 6.62. The van der Waals surface area contributed by atoms with Crippen molar-refractivity contribution < 1.29 is 5.11 Å². The van der Waals surface area contributed by atoms with Gasteiger partial charge >= 0.3 is 5.69 Å². The van der Waals surface area contributed by atoms with Gasteiger partial charge in [0.15, 0.2) is 0 Å². The van der Waals surface area contributed by atoms with Crippen molar-refractivity contribution in [1.82, 2.24) is 9.55 Å². The molecular formula is C13H20N2O3. The molecule has 1 heterocycles. The van der Waals surface area contributed by atoms with Gasteiger partial charge in [0.25, 0.3) is 5.56 Å². The van der Waals surface area contributed by atoms with Crippen molar-refractivity contribution in [3.8, 4) is 5.88 Å². The number of hydrogen-bond acceptors (Lipinski definition) is 3. The highest BCUT2D eigenvalue weighted by molar-refractivity contribution is 5.20. The lowest BCUT2D eigenvalue weighted by Crippen LogP contribution is -2.31. The predicted molar refractivity (Wildman–Crippen MR) is 68.9 cm³/mol. The Labute approximate surface area is 105 Å². The zero-order chi connectivity index (χ0) is 13.1. The van der Waals surface area contributed by atoms with Gasteiger partial charge in [-0.2, -0.15) is 0 Å². The van der Waals surface area contributed by atoms with E-state index < -0.39 is 11.2 Å². The molecule has 0 bridgehead atoms. The van der Waals surface area contributed by atoms with Crippen LogP contribution in [0.25, 0.3) is 0 Å². The van der Waals surface area contributed by atoms with Crippen LogP contribution in [0.4, 0.5) is 0 Å². The van der Waals surface area contributed by atoms with Crippen LogP contribution in [0.15, 0.2) is 9.59 Å². The Morgan fingerprint density at radius 3 is 2.61 bits per heavy atom. The summed E-state index contributed by atoms with van der Waals surface area (Å²) in [5.41, 5.74) is -0.816. The van der Waals surface area contributed by atoms with Gasteiger partial charge in [0.05, 0.1) is 5.56 Å². The smallest absolute Gasteiger partial charge is 0.331 e. The highest BCUT2D eigenvalue weighted by Gasteiger charge is 2.15. The third-order valence-electron chi connectivity index (χ3n) is 3.88. The Balaban J connectivity index is 2.11. The van der Waals surface area contributed by atoms with Crippen molar-refractivity contribution in [2.75, 3.05) is 0 Å². The summed E-state index contributed by atoms with van der Waals surface area (Å²) in [6.45, 7) is 2.00. The molecule has 1 aromatic heterocycles. The molecule has 100 valence electrons. The van der Waals surface area contributed by atoms with E-state index in [1.165, 1.54) is 43.6 Å². The summed E-state index contributed by atoms with van der Waals surface area (Å²) < 4.78 is 1.27. The first-order chi connectivity index (χ1) is 8.59. The highest BCUT2D eigenvalue weighted by Crippen LogP contribution is 2.26. The Bertz CT molecular complexity index is 524. The molecule has 0 unspecified atom stereocenters. The summed E-state index contributed by atoms with van der Waals surface area (Å²) in [6, 6.07) is 0. The molecule has 0 spiro atoms. The maximum atomic E-state index is 11.6. The minimum Gasteiger partial charge on any atom is -0.494 e. The van der Waals surface area contributed by atoms with Crippen LogP contribution in [0.2, 0.25) is 0 Å². The zero-order valence-electron chi connectivity index (χ0n) is 10.7. The molecule has 0 radical (unpaired) electrons. The fourth-order valence-corrected chi connectivity index (χ4v) is 2.65. The number of aromatic amines is 1. The Hall–Kier alpha value is -1.52. The third kappa shape index (κ3) is 2.66. The molecule has 0 saturated heterocycles. The van der Waals surface area contributed by atoms with Gasteiger partial charge in [-0.05, 0) is 19.3 Å². The molecule has 0 aliphatic heterocycles. The summed E-state index contributed by atoms with van der Waals surface area (Å²) in [7, 11) is 0. The van der Waals surface area contributed by atoms with Gasteiger partial charge in [-0.15, -0.1) is 0 Å². The summed E-state index contributed by atoms with van der Waals surface area (Å²) in [5.74, 6) is 0.442. The van der Waals surface area contributed by atoms with Gasteiger partial charge in [0, 0.05) is 6.54 Å². The minimum atomic E-state index is -0.515. The zero-order valence-corrected chi connectivity index (χ0v) is 10.7. The number of H-pyrrole nitrogens is 1. The lowest BCUT2D eigenvalue weighted by molar-refractivity contribution is 0.308. The van der Waals surface area contributed by atoms with Gasteiger partial charge in [-0.25, -0.2) is 4.79 Å². The summed E-state index contributed by atoms with van der Waals surface area (Å²) in [4.78, 5) is 25.2. The van der Waals surface area contributed by atoms with Gasteiger partial charge in [-0.1, -0.05) is 32.1 Å². The molecule has 1 saturated carbocycles. The SMILES string of the molecule is Cc1c(O)n(CCC2CCCCC2)c(=O)[nH]c1=O. The number of nitrogens with one attached hydrogen (secondary N) is 1. The number of rotatable bonds is 3. The molecule has 18 heavy (non-hydrogen) atoms. The van der Waals surface area contributed by atoms with Crippen molar-refractivity contribution in [3.05, 3.63) is 26.4 Å². The van der Waals surface area contributed by atoms with Crippen LogP contribution in [-0.4, -0.2) is 14.7 Å². The molecule has 2 rings (SSSR count). The number of hydrogen-bond donors (Lipinski definition) is 2. The average molecular weight is 252 g/mol. The largest absolute Gasteiger partial charge is 0.494 e. The van der Waals surface area contributed by atoms with Gasteiger partial charge in [0.1, 0.15) is 0 Å². The van der Waals surface area contributed by atoms with E-state index >= 15 is 0 Å². The standard InChI is InChI=1S/C13H20N2O3/c1-9-11(16)14-13(18)15(12(9)17)8-7-10-5-3-2-4-6-10/h10,17H,2-8H2,1H3,(H,14,16,18). The monoisotopic (exact) mass is 252 g/mol. The van der Waals surface area contributed by atoms with Crippen LogP contribution in [0, 0.1) is 12.8 Å². The molecule has 0 atom stereocenters. The fraction of sp³-hybridized carbons (Fsp3) is 0.692. The number of aromatic nitrogens is 2. The summed E-state index contributed by atoms with van der Waals surface area (Å²) in [5, 5.41) is 9.83. The second-order valence-electron chi connectivity index (χ2n) is 5.15. The summed E-state index contributed by atoms with van der Waals surface area (Å²) >= 11 is 0. The van der Waals surface area contributed by atoms with Crippen LogP contribution in [-0.2, 0) is 6.54 Å². The molecule has 5 nitrogen and oxygen atoms in total. The van der Waals surface area contributed by atoms with Crippen LogP contribution >= 0.6 is 0 Å². The first-order valence-electron chi connectivity index (χ1n) is 6.62. The molecule has 0 amide bonds. The maximum absolute atomic E-state index is 11.6. The maximum Gasteiger partial charge on any atom is 0.331 e. The van der Waals surface area contributed by atoms with E-state index in [1.807, 2.05) is 0 Å². The van der Waals surface area contributed by atoms with Crippen LogP contribution in [0.5, 0.6) is 5.88 Å². The van der Waals surface area contributed by atoms with Gasteiger partial charge < -0.3 is 5.11 Å². The predicted octanol–water partition coefficient (Wildman–Crippen LogP) is 1.52. The van der Waals surface area contributed by atoms with E-state index in [2.05, 4.69) is 4.98 Å². The van der Waals surface area contributed by atoms with Gasteiger partial charge in [-0.3, -0.25) is 14.3 Å². The number of aromatic hydroxyl groups is 1. The van der Waals surface area contributed by atoms with Crippen molar-refractivity contribution in [2.45, 2.75) is 52.0 Å². The quantitative estimate of drug-likeness (QED) is 0.856. The van der Waals surface area contributed by atoms with Crippen molar-refractivity contribution in [2.24, 2.45) is 5.92 Å². The Kier molecular flexibility index (Phi) is 3.89. The van der Waals surface area contributed by atoms with E-state index in [1.54, 1.807) is 0 Å². The normalized spacial score (nSPS) is 16.9. The van der Waals surface area contributed by atoms with Crippen molar-refractivity contribution in [1.29, 1.82) is 0 Å². The lowest BCUT2D eigenvalue weighted by atomic mass is 9.87. The minimum absolute atomic E-state index is 0.195. The molecule has 1 aliphatic rings. The lowest BCUT2D eigenvalue weighted by Gasteiger charge is -2.21. The van der Waals surface area contributed by atoms with Crippen LogP contribution in [0.3, 0.4) is 0 Å². The molecule has 1 fully saturated rings. The highest BCUT2D eigenvalue weighted by atomic mass is 16.3. The second-order valence-corrected chi connectivity index (χ2v) is 5.15. The molecule has 1 aliphatic carbocycles. The Morgan fingerprint density at radius 2 is 1.94 bits per heavy atom. The van der Waals surface area contributed by atoms with Crippen LogP contribution in [0.1, 0.15) is 44.1 Å². The first kappa shape index (κ1) is 12.9. The number of nitrogens with zero attached hydrogens (tertiary/aromatic N) is 1. The van der Waals surface area contributed by atoms with E-state index in [0.29, 0.717) is 12.5 Å². The Morgan fingerprint density at radius 1 is 1.28 bits per heavy atom. The van der Waals surface area contributed by atoms with E-state index in [-0.39, 0.29) is 11.4 Å². The fourth-order valence-electron chi connectivity index (χ4n) is 2.65. The second kappa shape index (κ2) is 5.42. The van der Waals surface area contributed by atoms with Crippen molar-refractivity contribution >= 4 is 0 Å². The average Bonchev–Trinajstić information content (AvgIpc) is 2.37. The molecule has 5 heteroatoms. The third-order valence-corrected chi connectivity index (χ3v) is 3.88. The topological polar surface area (TPSA) is 75.1 Å². The van der Waals surface area contributed by atoms with E-state index in [0.717, 1.165) is 6.42 Å². The molecule has 2 N–H and O–H groups in total. The van der Waals surface area contributed by atoms with Crippen molar-refractivity contribution in [3.63, 3.8) is 0 Å². The van der Waals surface area contributed by atoms with E-state index in [4.69, 9.17) is 0 Å². The summed E-state index contributed by atoms with van der Waals surface area (Å²) in [6.07, 6.45) is 7.13. The molecular weight excluding hydrogens is 232 g/mol. The van der Waals surface area contributed by atoms with E-state index in [9.17, 15) is 14.7 Å². The van der Waals surface area contributed by atoms with Crippen LogP contribution < -0.4 is 11.2 Å². The molecule has 0 aromatic carbocycles. The molecule has 1 aromatic rings. The van der Waals surface area contributed by atoms with Gasteiger partial charge in [0.2, 0.25) is 5.88 Å².